The van der Waals surface area contributed by atoms with E-state index in [0.717, 1.165) is 45.1 Å². The van der Waals surface area contributed by atoms with Crippen molar-refractivity contribution in [2.75, 3.05) is 4.90 Å². The number of ether oxygens (including phenoxy) is 1. The summed E-state index contributed by atoms with van der Waals surface area (Å²) in [7, 11) is 0. The summed E-state index contributed by atoms with van der Waals surface area (Å²) < 4.78 is 13.8. The van der Waals surface area contributed by atoms with Gasteiger partial charge in [0.15, 0.2) is 5.75 Å². The molecule has 64 heavy (non-hydrogen) atoms. The van der Waals surface area contributed by atoms with Crippen LogP contribution in [0.1, 0.15) is 45.2 Å². The SMILES string of the molecule is C1=CC2c3ccccc3Oc3c(cccc3N(c3ccccc3)c3ccc4c(c3)-c3ccccc3-c3ccccc3C43c4ccccc4-c4c3ccc3oc5ccccc5c43)C2C=C1. The van der Waals surface area contributed by atoms with Gasteiger partial charge in [0, 0.05) is 45.1 Å². The van der Waals surface area contributed by atoms with Crippen molar-refractivity contribution in [1.29, 1.82) is 0 Å². The molecule has 2 heterocycles. The number of benzene rings is 9. The van der Waals surface area contributed by atoms with E-state index in [1.165, 1.54) is 72.1 Å². The van der Waals surface area contributed by atoms with E-state index < -0.39 is 5.41 Å². The Kier molecular flexibility index (Phi) is 7.44. The third-order valence-corrected chi connectivity index (χ3v) is 14.3. The highest BCUT2D eigenvalue weighted by atomic mass is 16.5. The molecule has 10 aromatic rings. The van der Waals surface area contributed by atoms with Gasteiger partial charge in [-0.3, -0.25) is 0 Å². The van der Waals surface area contributed by atoms with Crippen molar-refractivity contribution in [3.63, 3.8) is 0 Å². The van der Waals surface area contributed by atoms with Crippen LogP contribution in [0.3, 0.4) is 0 Å². The standard InChI is InChI=1S/C61H39NO2/c1-2-17-38(18-3-1)62(54-30-16-27-46-42-21-6-5-20-41(42)45-24-10-14-31-55(45)64-60(46)54)39-33-34-52-49(37-39)43-22-7-4-19-40(43)44-23-8-12-28-50(44)61(52)51-29-13-9-25-47(51)58-53(61)35-36-57-59(58)48-26-11-15-32-56(48)63-57/h1-37,41-42H. The van der Waals surface area contributed by atoms with Gasteiger partial charge in [-0.2, -0.15) is 0 Å². The van der Waals surface area contributed by atoms with Crippen molar-refractivity contribution in [3.05, 3.63) is 258 Å². The summed E-state index contributed by atoms with van der Waals surface area (Å²) in [6, 6.07) is 73.3. The van der Waals surface area contributed by atoms with Gasteiger partial charge in [0.2, 0.25) is 0 Å². The molecule has 1 aliphatic heterocycles. The zero-order valence-electron chi connectivity index (χ0n) is 34.8. The quantitative estimate of drug-likeness (QED) is 0.178. The first-order valence-electron chi connectivity index (χ1n) is 22.3. The first-order valence-corrected chi connectivity index (χ1v) is 22.3. The summed E-state index contributed by atoms with van der Waals surface area (Å²) >= 11 is 0. The lowest BCUT2D eigenvalue weighted by molar-refractivity contribution is 0.479. The van der Waals surface area contributed by atoms with Gasteiger partial charge in [0.1, 0.15) is 16.9 Å². The molecule has 0 amide bonds. The van der Waals surface area contributed by atoms with Gasteiger partial charge in [-0.15, -0.1) is 0 Å². The monoisotopic (exact) mass is 817 g/mol. The summed E-state index contributed by atoms with van der Waals surface area (Å²) in [4.78, 5) is 2.40. The zero-order chi connectivity index (χ0) is 41.9. The predicted molar refractivity (Wildman–Crippen MR) is 260 cm³/mol. The molecule has 0 saturated carbocycles. The molecule has 3 unspecified atom stereocenters. The highest BCUT2D eigenvalue weighted by Crippen LogP contribution is 2.64. The van der Waals surface area contributed by atoms with E-state index in [1.807, 2.05) is 0 Å². The molecule has 1 spiro atoms. The fraction of sp³-hybridized carbons (Fsp3) is 0.0492. The lowest BCUT2D eigenvalue weighted by Crippen LogP contribution is -2.29. The molecule has 9 aromatic carbocycles. The summed E-state index contributed by atoms with van der Waals surface area (Å²) in [6.07, 6.45) is 9.00. The number of rotatable bonds is 3. The maximum atomic E-state index is 7.18. The summed E-state index contributed by atoms with van der Waals surface area (Å²) in [5.74, 6) is 2.06. The normalized spacial score (nSPS) is 18.1. The smallest absolute Gasteiger partial charge is 0.155 e. The minimum absolute atomic E-state index is 0.125. The highest BCUT2D eigenvalue weighted by molar-refractivity contribution is 6.16. The van der Waals surface area contributed by atoms with Gasteiger partial charge in [-0.05, 0) is 104 Å². The van der Waals surface area contributed by atoms with Crippen LogP contribution in [0.5, 0.6) is 11.5 Å². The second-order valence-corrected chi connectivity index (χ2v) is 17.4. The molecule has 4 aliphatic rings. The third-order valence-electron chi connectivity index (χ3n) is 14.3. The van der Waals surface area contributed by atoms with Gasteiger partial charge in [-0.25, -0.2) is 0 Å². The molecule has 3 heteroatoms. The molecule has 0 N–H and O–H groups in total. The Morgan fingerprint density at radius 3 is 1.89 bits per heavy atom. The Morgan fingerprint density at radius 2 is 1.05 bits per heavy atom. The van der Waals surface area contributed by atoms with Crippen LogP contribution in [-0.2, 0) is 5.41 Å². The number of anilines is 3. The van der Waals surface area contributed by atoms with E-state index >= 15 is 0 Å². The van der Waals surface area contributed by atoms with Crippen LogP contribution in [0.15, 0.2) is 229 Å². The lowest BCUT2D eigenvalue weighted by atomic mass is 9.66. The molecule has 3 nitrogen and oxygen atoms in total. The van der Waals surface area contributed by atoms with Gasteiger partial charge >= 0.3 is 0 Å². The Hall–Kier alpha value is -8.14. The van der Waals surface area contributed by atoms with Crippen LogP contribution in [-0.4, -0.2) is 0 Å². The Morgan fingerprint density at radius 1 is 0.422 bits per heavy atom. The third kappa shape index (κ3) is 4.76. The molecule has 0 fully saturated rings. The van der Waals surface area contributed by atoms with Gasteiger partial charge in [0.25, 0.3) is 0 Å². The average Bonchev–Trinajstić information content (AvgIpc) is 3.80. The second-order valence-electron chi connectivity index (χ2n) is 17.4. The predicted octanol–water partition coefficient (Wildman–Crippen LogP) is 16.2. The Labute approximate surface area is 371 Å². The van der Waals surface area contributed by atoms with Crippen LogP contribution < -0.4 is 9.64 Å². The van der Waals surface area contributed by atoms with Crippen LogP contribution >= 0.6 is 0 Å². The lowest BCUT2D eigenvalue weighted by Gasteiger charge is -2.36. The van der Waals surface area contributed by atoms with Crippen LogP contribution in [0.25, 0.3) is 55.3 Å². The molecule has 0 bridgehead atoms. The molecule has 1 aromatic heterocycles. The number of allylic oxidation sites excluding steroid dienone is 4. The van der Waals surface area contributed by atoms with Crippen molar-refractivity contribution < 1.29 is 9.15 Å². The molecule has 14 rings (SSSR count). The van der Waals surface area contributed by atoms with Crippen molar-refractivity contribution in [2.45, 2.75) is 17.3 Å². The summed E-state index contributed by atoms with van der Waals surface area (Å²) in [5, 5.41) is 2.31. The number of fused-ring (bicyclic) bond motifs is 21. The maximum Gasteiger partial charge on any atom is 0.155 e. The van der Waals surface area contributed by atoms with Crippen LogP contribution in [0.2, 0.25) is 0 Å². The molecule has 0 saturated heterocycles. The van der Waals surface area contributed by atoms with Gasteiger partial charge in [0.05, 0.1) is 11.1 Å². The van der Waals surface area contributed by atoms with E-state index in [-0.39, 0.29) is 11.8 Å². The Bertz CT molecular complexity index is 3630. The minimum Gasteiger partial charge on any atom is -0.456 e. The molecule has 3 atom stereocenters. The molecular weight excluding hydrogens is 779 g/mol. The summed E-state index contributed by atoms with van der Waals surface area (Å²) in [5.41, 5.74) is 19.0. The van der Waals surface area contributed by atoms with E-state index in [2.05, 4.69) is 229 Å². The first kappa shape index (κ1) is 35.5. The van der Waals surface area contributed by atoms with Gasteiger partial charge < -0.3 is 14.1 Å². The fourth-order valence-electron chi connectivity index (χ4n) is 11.8. The van der Waals surface area contributed by atoms with Crippen molar-refractivity contribution in [2.24, 2.45) is 0 Å². The highest BCUT2D eigenvalue weighted by Gasteiger charge is 2.50. The maximum absolute atomic E-state index is 7.18. The van der Waals surface area contributed by atoms with E-state index in [1.54, 1.807) is 0 Å². The molecule has 0 radical (unpaired) electrons. The zero-order valence-corrected chi connectivity index (χ0v) is 34.8. The minimum atomic E-state index is -0.647. The molecular formula is C61H39NO2. The fourth-order valence-corrected chi connectivity index (χ4v) is 11.8. The van der Waals surface area contributed by atoms with Crippen LogP contribution in [0.4, 0.5) is 17.1 Å². The van der Waals surface area contributed by atoms with Crippen molar-refractivity contribution >= 4 is 39.0 Å². The largest absolute Gasteiger partial charge is 0.456 e. The van der Waals surface area contributed by atoms with Crippen molar-refractivity contribution in [1.82, 2.24) is 0 Å². The number of furan rings is 1. The average molecular weight is 818 g/mol. The first-order chi connectivity index (χ1) is 31.8. The van der Waals surface area contributed by atoms with Gasteiger partial charge in [-0.1, -0.05) is 176 Å². The molecule has 3 aliphatic carbocycles. The Balaban J connectivity index is 1.07. The van der Waals surface area contributed by atoms with E-state index in [0.29, 0.717) is 0 Å². The van der Waals surface area contributed by atoms with E-state index in [9.17, 15) is 0 Å². The van der Waals surface area contributed by atoms with E-state index in [4.69, 9.17) is 9.15 Å². The number of nitrogens with zero attached hydrogens (tertiary/aromatic N) is 1. The van der Waals surface area contributed by atoms with Crippen LogP contribution in [0, 0.1) is 0 Å². The van der Waals surface area contributed by atoms with Crippen molar-refractivity contribution in [3.8, 4) is 44.9 Å². The topological polar surface area (TPSA) is 25.6 Å². The number of hydrogen-bond donors (Lipinski definition) is 0. The second kappa shape index (κ2) is 13.4. The number of hydrogen-bond acceptors (Lipinski definition) is 3. The molecule has 300 valence electrons. The number of para-hydroxylation sites is 4. The summed E-state index contributed by atoms with van der Waals surface area (Å²) in [6.45, 7) is 0.